The number of fused-ring (bicyclic) bond motifs is 1. The maximum atomic E-state index is 12.9. The molecule has 0 aliphatic carbocycles. The van der Waals surface area contributed by atoms with Gasteiger partial charge in [0.1, 0.15) is 0 Å². The molecule has 3 heterocycles. The third kappa shape index (κ3) is 3.27. The summed E-state index contributed by atoms with van der Waals surface area (Å²) in [5.74, 6) is -0.888. The van der Waals surface area contributed by atoms with Crippen molar-refractivity contribution in [2.24, 2.45) is 0 Å². The number of anilines is 3. The molecule has 3 aromatic rings. The van der Waals surface area contributed by atoms with Gasteiger partial charge >= 0.3 is 6.18 Å². The third-order valence-corrected chi connectivity index (χ3v) is 4.03. The number of ether oxygens (including phenoxy) is 1. The zero-order valence-electron chi connectivity index (χ0n) is 13.6. The minimum Gasteiger partial charge on any atom is -0.378 e. The van der Waals surface area contributed by atoms with Crippen LogP contribution in [-0.4, -0.2) is 46.1 Å². The number of halogens is 3. The first-order valence-corrected chi connectivity index (χ1v) is 8.00. The Balaban J connectivity index is 1.55. The van der Waals surface area contributed by atoms with E-state index in [4.69, 9.17) is 4.74 Å². The predicted octanol–water partition coefficient (Wildman–Crippen LogP) is 2.72. The average Bonchev–Trinajstić information content (AvgIpc) is 3.07. The van der Waals surface area contributed by atoms with Gasteiger partial charge in [0.25, 0.3) is 5.82 Å². The third-order valence-electron chi connectivity index (χ3n) is 4.03. The molecule has 1 N–H and O–H groups in total. The van der Waals surface area contributed by atoms with E-state index in [0.717, 1.165) is 24.5 Å². The molecule has 0 radical (unpaired) electrons. The molecule has 0 bridgehead atoms. The first kappa shape index (κ1) is 16.6. The molecular formula is C16H15F3N6O. The summed E-state index contributed by atoms with van der Waals surface area (Å²) >= 11 is 0. The second-order valence-corrected chi connectivity index (χ2v) is 5.78. The Hall–Kier alpha value is -2.88. The van der Waals surface area contributed by atoms with Crippen molar-refractivity contribution in [3.63, 3.8) is 0 Å². The number of aromatic nitrogens is 4. The molecular weight excluding hydrogens is 349 g/mol. The number of alkyl halides is 3. The molecule has 2 aromatic heterocycles. The number of morpholine rings is 1. The normalized spacial score (nSPS) is 15.4. The van der Waals surface area contributed by atoms with Crippen LogP contribution >= 0.6 is 0 Å². The molecule has 0 saturated carbocycles. The van der Waals surface area contributed by atoms with Crippen LogP contribution in [-0.2, 0) is 10.9 Å². The van der Waals surface area contributed by atoms with Crippen LogP contribution in [0.2, 0.25) is 0 Å². The second-order valence-electron chi connectivity index (χ2n) is 5.78. The van der Waals surface area contributed by atoms with Gasteiger partial charge in [0.15, 0.2) is 11.5 Å². The van der Waals surface area contributed by atoms with Crippen LogP contribution in [0.25, 0.3) is 5.65 Å². The topological polar surface area (TPSA) is 67.6 Å². The van der Waals surface area contributed by atoms with E-state index in [9.17, 15) is 13.2 Å². The summed E-state index contributed by atoms with van der Waals surface area (Å²) < 4.78 is 44.8. The van der Waals surface area contributed by atoms with Crippen molar-refractivity contribution in [3.05, 3.63) is 42.2 Å². The van der Waals surface area contributed by atoms with Gasteiger partial charge < -0.3 is 15.0 Å². The molecule has 0 atom stereocenters. The highest BCUT2D eigenvalue weighted by Gasteiger charge is 2.37. The summed E-state index contributed by atoms with van der Waals surface area (Å²) in [4.78, 5) is 2.21. The minimum atomic E-state index is -4.62. The van der Waals surface area contributed by atoms with E-state index in [-0.39, 0.29) is 11.5 Å². The number of nitrogens with zero attached hydrogens (tertiary/aromatic N) is 5. The highest BCUT2D eigenvalue weighted by atomic mass is 19.4. The summed E-state index contributed by atoms with van der Waals surface area (Å²) in [6.07, 6.45) is -4.62. The van der Waals surface area contributed by atoms with E-state index in [1.807, 2.05) is 24.3 Å². The van der Waals surface area contributed by atoms with Crippen molar-refractivity contribution in [3.8, 4) is 0 Å². The highest BCUT2D eigenvalue weighted by Crippen LogP contribution is 2.28. The van der Waals surface area contributed by atoms with Gasteiger partial charge in [0, 0.05) is 24.5 Å². The number of nitrogens with one attached hydrogen (secondary N) is 1. The summed E-state index contributed by atoms with van der Waals surface area (Å²) in [6.45, 7) is 3.06. The molecule has 1 aliphatic heterocycles. The number of hydrogen-bond acceptors (Lipinski definition) is 6. The molecule has 1 fully saturated rings. The van der Waals surface area contributed by atoms with Gasteiger partial charge in [-0.05, 0) is 36.4 Å². The van der Waals surface area contributed by atoms with Crippen molar-refractivity contribution in [2.45, 2.75) is 6.18 Å². The minimum absolute atomic E-state index is 0.0329. The van der Waals surface area contributed by atoms with Crippen LogP contribution in [0, 0.1) is 0 Å². The molecule has 0 unspecified atom stereocenters. The van der Waals surface area contributed by atoms with Crippen LogP contribution in [0.4, 0.5) is 30.4 Å². The summed E-state index contributed by atoms with van der Waals surface area (Å²) in [5.41, 5.74) is 1.82. The molecule has 1 aromatic carbocycles. The van der Waals surface area contributed by atoms with E-state index in [2.05, 4.69) is 25.5 Å². The Morgan fingerprint density at radius 3 is 2.38 bits per heavy atom. The number of hydrogen-bond donors (Lipinski definition) is 1. The Labute approximate surface area is 146 Å². The lowest BCUT2D eigenvalue weighted by Gasteiger charge is -2.28. The average molecular weight is 364 g/mol. The molecule has 7 nitrogen and oxygen atoms in total. The molecule has 136 valence electrons. The van der Waals surface area contributed by atoms with Gasteiger partial charge in [-0.2, -0.15) is 17.7 Å². The van der Waals surface area contributed by atoms with Crippen molar-refractivity contribution >= 4 is 22.8 Å². The number of rotatable bonds is 3. The zero-order valence-corrected chi connectivity index (χ0v) is 13.6. The molecule has 1 aliphatic rings. The molecule has 26 heavy (non-hydrogen) atoms. The van der Waals surface area contributed by atoms with Gasteiger partial charge in [-0.3, -0.25) is 0 Å². The van der Waals surface area contributed by atoms with Crippen LogP contribution in [0.15, 0.2) is 36.4 Å². The lowest BCUT2D eigenvalue weighted by Crippen LogP contribution is -2.36. The Bertz CT molecular complexity index is 902. The Morgan fingerprint density at radius 2 is 1.69 bits per heavy atom. The molecule has 1 saturated heterocycles. The fourth-order valence-electron chi connectivity index (χ4n) is 2.76. The fourth-order valence-corrected chi connectivity index (χ4v) is 2.76. The second kappa shape index (κ2) is 6.45. The number of benzene rings is 1. The van der Waals surface area contributed by atoms with E-state index in [1.165, 1.54) is 6.07 Å². The highest BCUT2D eigenvalue weighted by molar-refractivity contribution is 5.61. The lowest BCUT2D eigenvalue weighted by atomic mass is 10.2. The largest absolute Gasteiger partial charge is 0.453 e. The first-order valence-electron chi connectivity index (χ1n) is 8.00. The molecule has 4 rings (SSSR count). The van der Waals surface area contributed by atoms with E-state index < -0.39 is 12.0 Å². The van der Waals surface area contributed by atoms with Crippen molar-refractivity contribution in [1.29, 1.82) is 0 Å². The molecule has 10 heteroatoms. The van der Waals surface area contributed by atoms with Crippen molar-refractivity contribution < 1.29 is 17.9 Å². The summed E-state index contributed by atoms with van der Waals surface area (Å²) in [6, 6.07) is 10.6. The molecule has 0 spiro atoms. The van der Waals surface area contributed by atoms with Crippen LogP contribution in [0.5, 0.6) is 0 Å². The van der Waals surface area contributed by atoms with E-state index in [1.54, 1.807) is 6.07 Å². The lowest BCUT2D eigenvalue weighted by molar-refractivity contribution is -0.146. The van der Waals surface area contributed by atoms with Gasteiger partial charge in [-0.1, -0.05) is 0 Å². The maximum absolute atomic E-state index is 12.9. The Morgan fingerprint density at radius 1 is 0.962 bits per heavy atom. The zero-order chi connectivity index (χ0) is 18.1. The molecule has 0 amide bonds. The smallest absolute Gasteiger partial charge is 0.378 e. The van der Waals surface area contributed by atoms with E-state index >= 15 is 0 Å². The van der Waals surface area contributed by atoms with Gasteiger partial charge in [0.2, 0.25) is 0 Å². The standard InChI is InChI=1S/C16H15F3N6O/c17-16(18,19)15-22-21-14-6-5-13(23-25(14)15)20-11-1-3-12(4-2-11)24-7-9-26-10-8-24/h1-6H,7-10H2,(H,20,23). The van der Waals surface area contributed by atoms with Crippen LogP contribution in [0.1, 0.15) is 5.82 Å². The van der Waals surface area contributed by atoms with Gasteiger partial charge in [-0.25, -0.2) is 0 Å². The monoisotopic (exact) mass is 364 g/mol. The van der Waals surface area contributed by atoms with Crippen LogP contribution in [0.3, 0.4) is 0 Å². The predicted molar refractivity (Wildman–Crippen MR) is 88.5 cm³/mol. The van der Waals surface area contributed by atoms with Gasteiger partial charge in [-0.15, -0.1) is 15.3 Å². The Kier molecular flexibility index (Phi) is 4.11. The van der Waals surface area contributed by atoms with Gasteiger partial charge in [0.05, 0.1) is 13.2 Å². The quantitative estimate of drug-likeness (QED) is 0.771. The summed E-state index contributed by atoms with van der Waals surface area (Å²) in [7, 11) is 0. The first-order chi connectivity index (χ1) is 12.5. The van der Waals surface area contributed by atoms with Crippen molar-refractivity contribution in [1.82, 2.24) is 19.8 Å². The SMILES string of the molecule is FC(F)(F)c1nnc2ccc(Nc3ccc(N4CCOCC4)cc3)nn12. The van der Waals surface area contributed by atoms with Crippen LogP contribution < -0.4 is 10.2 Å². The van der Waals surface area contributed by atoms with E-state index in [0.29, 0.717) is 17.7 Å². The van der Waals surface area contributed by atoms with Crippen molar-refractivity contribution in [2.75, 3.05) is 36.5 Å². The summed E-state index contributed by atoms with van der Waals surface area (Å²) in [5, 5.41) is 13.6. The fraction of sp³-hybridized carbons (Fsp3) is 0.312. The maximum Gasteiger partial charge on any atom is 0.453 e.